The fourth-order valence-electron chi connectivity index (χ4n) is 3.18. The van der Waals surface area contributed by atoms with Crippen molar-refractivity contribution in [2.45, 2.75) is 31.0 Å². The summed E-state index contributed by atoms with van der Waals surface area (Å²) >= 11 is 1.29. The molecule has 1 fully saturated rings. The quantitative estimate of drug-likeness (QED) is 0.612. The van der Waals surface area contributed by atoms with Gasteiger partial charge in [-0.15, -0.1) is 5.10 Å². The molecule has 146 valence electrons. The Balaban J connectivity index is 1.28. The number of furan rings is 1. The maximum Gasteiger partial charge on any atom is 0.234 e. The SMILES string of the molecule is O=C(CSc1nnnn1Cc1ccco1)Nc1ccc(N2CCCCC2)cc1. The molecule has 0 spiro atoms. The van der Waals surface area contributed by atoms with E-state index in [-0.39, 0.29) is 11.7 Å². The van der Waals surface area contributed by atoms with Crippen LogP contribution in [0.2, 0.25) is 0 Å². The topological polar surface area (TPSA) is 89.1 Å². The van der Waals surface area contributed by atoms with Gasteiger partial charge in [0.1, 0.15) is 12.3 Å². The van der Waals surface area contributed by atoms with Crippen LogP contribution in [0, 0.1) is 0 Å². The third-order valence-corrected chi connectivity index (χ3v) is 5.55. The van der Waals surface area contributed by atoms with Crippen LogP contribution in [-0.2, 0) is 11.3 Å². The molecular weight excluding hydrogens is 376 g/mol. The van der Waals surface area contributed by atoms with E-state index in [1.54, 1.807) is 10.9 Å². The molecular formula is C19H22N6O2S. The first-order valence-corrected chi connectivity index (χ1v) is 10.3. The maximum atomic E-state index is 12.3. The van der Waals surface area contributed by atoms with E-state index in [1.807, 2.05) is 24.3 Å². The Morgan fingerprint density at radius 1 is 1.14 bits per heavy atom. The molecule has 28 heavy (non-hydrogen) atoms. The van der Waals surface area contributed by atoms with Gasteiger partial charge in [-0.1, -0.05) is 11.8 Å². The highest BCUT2D eigenvalue weighted by atomic mass is 32.2. The van der Waals surface area contributed by atoms with Crippen molar-refractivity contribution in [1.82, 2.24) is 20.2 Å². The van der Waals surface area contributed by atoms with Gasteiger partial charge in [-0.3, -0.25) is 4.79 Å². The van der Waals surface area contributed by atoms with Crippen molar-refractivity contribution in [3.63, 3.8) is 0 Å². The Kier molecular flexibility index (Phi) is 5.91. The van der Waals surface area contributed by atoms with Gasteiger partial charge in [-0.2, -0.15) is 0 Å². The molecule has 0 bridgehead atoms. The number of anilines is 2. The van der Waals surface area contributed by atoms with E-state index in [2.05, 4.69) is 37.9 Å². The van der Waals surface area contributed by atoms with Crippen molar-refractivity contribution >= 4 is 29.0 Å². The van der Waals surface area contributed by atoms with Gasteiger partial charge in [0.15, 0.2) is 0 Å². The lowest BCUT2D eigenvalue weighted by Gasteiger charge is -2.28. The minimum atomic E-state index is -0.0942. The Morgan fingerprint density at radius 3 is 2.71 bits per heavy atom. The third kappa shape index (κ3) is 4.72. The number of tetrazole rings is 1. The highest BCUT2D eigenvalue weighted by Crippen LogP contribution is 2.22. The summed E-state index contributed by atoms with van der Waals surface area (Å²) in [5.41, 5.74) is 2.01. The Labute approximate surface area is 167 Å². The van der Waals surface area contributed by atoms with Gasteiger partial charge in [0, 0.05) is 24.5 Å². The molecule has 1 N–H and O–H groups in total. The van der Waals surface area contributed by atoms with Crippen LogP contribution in [0.3, 0.4) is 0 Å². The second-order valence-electron chi connectivity index (χ2n) is 6.63. The monoisotopic (exact) mass is 398 g/mol. The lowest BCUT2D eigenvalue weighted by Crippen LogP contribution is -2.29. The first kappa shape index (κ1) is 18.5. The van der Waals surface area contributed by atoms with Crippen LogP contribution in [0.1, 0.15) is 25.0 Å². The van der Waals surface area contributed by atoms with E-state index < -0.39 is 0 Å². The molecule has 1 aromatic carbocycles. The van der Waals surface area contributed by atoms with Crippen molar-refractivity contribution in [1.29, 1.82) is 0 Å². The minimum absolute atomic E-state index is 0.0942. The molecule has 0 radical (unpaired) electrons. The van der Waals surface area contributed by atoms with Crippen LogP contribution in [0.4, 0.5) is 11.4 Å². The molecule has 3 heterocycles. The van der Waals surface area contributed by atoms with Gasteiger partial charge in [-0.25, -0.2) is 4.68 Å². The summed E-state index contributed by atoms with van der Waals surface area (Å²) in [7, 11) is 0. The summed E-state index contributed by atoms with van der Waals surface area (Å²) < 4.78 is 6.93. The number of rotatable bonds is 7. The lowest BCUT2D eigenvalue weighted by molar-refractivity contribution is -0.113. The van der Waals surface area contributed by atoms with Crippen LogP contribution >= 0.6 is 11.8 Å². The minimum Gasteiger partial charge on any atom is -0.467 e. The fourth-order valence-corrected chi connectivity index (χ4v) is 3.86. The van der Waals surface area contributed by atoms with Crippen LogP contribution < -0.4 is 10.2 Å². The highest BCUT2D eigenvalue weighted by molar-refractivity contribution is 7.99. The predicted octanol–water partition coefficient (Wildman–Crippen LogP) is 3.04. The Bertz CT molecular complexity index is 888. The number of piperidine rings is 1. The van der Waals surface area contributed by atoms with Gasteiger partial charge >= 0.3 is 0 Å². The van der Waals surface area contributed by atoms with Gasteiger partial charge < -0.3 is 14.6 Å². The molecule has 0 atom stereocenters. The first-order chi connectivity index (χ1) is 13.8. The molecule has 1 aliphatic heterocycles. The summed E-state index contributed by atoms with van der Waals surface area (Å²) in [5.74, 6) is 0.891. The number of carbonyl (C=O) groups excluding carboxylic acids is 1. The fraction of sp³-hybridized carbons (Fsp3) is 0.368. The standard InChI is InChI=1S/C19H22N6O2S/c26-18(14-28-19-21-22-23-25(19)13-17-5-4-12-27-17)20-15-6-8-16(9-7-15)24-10-2-1-3-11-24/h4-9,12H,1-3,10-11,13-14H2,(H,20,26). The summed E-state index contributed by atoms with van der Waals surface area (Å²) in [6.45, 7) is 2.64. The van der Waals surface area contributed by atoms with E-state index in [0.29, 0.717) is 11.7 Å². The summed E-state index contributed by atoms with van der Waals surface area (Å²) in [4.78, 5) is 14.7. The van der Waals surface area contributed by atoms with Crippen LogP contribution in [-0.4, -0.2) is 45.0 Å². The average Bonchev–Trinajstić information content (AvgIpc) is 3.40. The highest BCUT2D eigenvalue weighted by Gasteiger charge is 2.13. The Morgan fingerprint density at radius 2 is 1.96 bits per heavy atom. The molecule has 1 amide bonds. The molecule has 0 saturated carbocycles. The largest absolute Gasteiger partial charge is 0.467 e. The second kappa shape index (κ2) is 8.92. The number of thioether (sulfide) groups is 1. The number of hydrogen-bond donors (Lipinski definition) is 1. The maximum absolute atomic E-state index is 12.3. The number of amides is 1. The van der Waals surface area contributed by atoms with Gasteiger partial charge in [-0.05, 0) is 66.1 Å². The van der Waals surface area contributed by atoms with Gasteiger partial charge in [0.25, 0.3) is 0 Å². The molecule has 0 unspecified atom stereocenters. The summed E-state index contributed by atoms with van der Waals surface area (Å²) in [5, 5.41) is 15.1. The molecule has 4 rings (SSSR count). The zero-order valence-corrected chi connectivity index (χ0v) is 16.3. The molecule has 1 saturated heterocycles. The third-order valence-electron chi connectivity index (χ3n) is 4.59. The smallest absolute Gasteiger partial charge is 0.234 e. The van der Waals surface area contributed by atoms with E-state index in [9.17, 15) is 4.79 Å². The normalized spacial score (nSPS) is 14.2. The molecule has 3 aromatic rings. The van der Waals surface area contributed by atoms with Crippen molar-refractivity contribution < 1.29 is 9.21 Å². The van der Waals surface area contributed by atoms with E-state index in [1.165, 1.54) is 36.7 Å². The predicted molar refractivity (Wildman–Crippen MR) is 107 cm³/mol. The average molecular weight is 398 g/mol. The van der Waals surface area contributed by atoms with E-state index in [4.69, 9.17) is 4.42 Å². The van der Waals surface area contributed by atoms with Crippen molar-refractivity contribution in [3.05, 3.63) is 48.4 Å². The van der Waals surface area contributed by atoms with Gasteiger partial charge in [0.2, 0.25) is 11.1 Å². The van der Waals surface area contributed by atoms with Crippen LogP contribution in [0.15, 0.2) is 52.2 Å². The number of hydrogen-bond acceptors (Lipinski definition) is 7. The molecule has 0 aliphatic carbocycles. The van der Waals surface area contributed by atoms with Gasteiger partial charge in [0.05, 0.1) is 12.0 Å². The number of nitrogens with one attached hydrogen (secondary N) is 1. The zero-order valence-electron chi connectivity index (χ0n) is 15.5. The number of nitrogens with zero attached hydrogens (tertiary/aromatic N) is 5. The van der Waals surface area contributed by atoms with E-state index >= 15 is 0 Å². The molecule has 9 heteroatoms. The zero-order chi connectivity index (χ0) is 19.2. The van der Waals surface area contributed by atoms with Crippen molar-refractivity contribution in [3.8, 4) is 0 Å². The molecule has 8 nitrogen and oxygen atoms in total. The summed E-state index contributed by atoms with van der Waals surface area (Å²) in [6.07, 6.45) is 5.41. The van der Waals surface area contributed by atoms with Crippen molar-refractivity contribution in [2.24, 2.45) is 0 Å². The Hall–Kier alpha value is -2.81. The van der Waals surface area contributed by atoms with E-state index in [0.717, 1.165) is 24.5 Å². The van der Waals surface area contributed by atoms with Crippen LogP contribution in [0.25, 0.3) is 0 Å². The van der Waals surface area contributed by atoms with Crippen LogP contribution in [0.5, 0.6) is 0 Å². The lowest BCUT2D eigenvalue weighted by atomic mass is 10.1. The second-order valence-corrected chi connectivity index (χ2v) is 7.57. The number of benzene rings is 1. The molecule has 2 aromatic heterocycles. The molecule has 1 aliphatic rings. The van der Waals surface area contributed by atoms with Crippen molar-refractivity contribution in [2.75, 3.05) is 29.1 Å². The number of carbonyl (C=O) groups is 1. The summed E-state index contributed by atoms with van der Waals surface area (Å²) in [6, 6.07) is 11.7. The first-order valence-electron chi connectivity index (χ1n) is 9.34. The number of aromatic nitrogens is 4.